The van der Waals surface area contributed by atoms with E-state index >= 15 is 0 Å². The fraction of sp³-hybridized carbons (Fsp3) is 0.125. The maximum Gasteiger partial charge on any atom is 0.321 e. The van der Waals surface area contributed by atoms with Crippen LogP contribution in [0.1, 0.15) is 5.56 Å². The minimum Gasteiger partial charge on any atom is -0.337 e. The van der Waals surface area contributed by atoms with Crippen LogP contribution in [0.15, 0.2) is 48.8 Å². The quantitative estimate of drug-likeness (QED) is 0.746. The first-order valence-corrected chi connectivity index (χ1v) is 8.05. The van der Waals surface area contributed by atoms with Crippen molar-refractivity contribution in [2.75, 3.05) is 11.9 Å². The number of pyridine rings is 1. The Morgan fingerprint density at radius 1 is 1.17 bits per heavy atom. The number of hydrogen-bond donors (Lipinski definition) is 2. The van der Waals surface area contributed by atoms with Gasteiger partial charge >= 0.3 is 6.03 Å². The molecule has 0 atom stereocenters. The van der Waals surface area contributed by atoms with Gasteiger partial charge in [-0.1, -0.05) is 17.4 Å². The highest BCUT2D eigenvalue weighted by Gasteiger charge is 2.09. The molecular weight excluding hydrogens is 329 g/mol. The number of aromatic nitrogens is 3. The SMILES string of the molecule is O=C(NCCc1cccnc1)Nc1nnc(-c2ccc(F)cc2)s1. The number of rotatable bonds is 5. The number of nitrogens with one attached hydrogen (secondary N) is 2. The van der Waals surface area contributed by atoms with Crippen LogP contribution >= 0.6 is 11.3 Å². The molecule has 0 aliphatic carbocycles. The fourth-order valence-electron chi connectivity index (χ4n) is 1.99. The molecule has 0 aliphatic rings. The van der Waals surface area contributed by atoms with Gasteiger partial charge in [0.25, 0.3) is 0 Å². The minimum absolute atomic E-state index is 0.311. The Bertz CT molecular complexity index is 807. The molecule has 0 radical (unpaired) electrons. The van der Waals surface area contributed by atoms with Gasteiger partial charge in [-0.2, -0.15) is 0 Å². The predicted molar refractivity (Wildman–Crippen MR) is 90.3 cm³/mol. The number of nitrogens with zero attached hydrogens (tertiary/aromatic N) is 3. The Kier molecular flexibility index (Phi) is 5.07. The Hall–Kier alpha value is -2.87. The van der Waals surface area contributed by atoms with Gasteiger partial charge in [0.15, 0.2) is 0 Å². The first-order valence-electron chi connectivity index (χ1n) is 7.24. The standard InChI is InChI=1S/C16H14FN5OS/c17-13-5-3-12(4-6-13)14-21-22-16(24-14)20-15(23)19-9-7-11-2-1-8-18-10-11/h1-6,8,10H,7,9H2,(H2,19,20,22,23). The fourth-order valence-corrected chi connectivity index (χ4v) is 2.73. The van der Waals surface area contributed by atoms with Gasteiger partial charge in [-0.15, -0.1) is 10.2 Å². The zero-order valence-electron chi connectivity index (χ0n) is 12.6. The molecule has 2 heterocycles. The van der Waals surface area contributed by atoms with Crippen molar-refractivity contribution in [3.8, 4) is 10.6 Å². The van der Waals surface area contributed by atoms with Crippen LogP contribution in [0.5, 0.6) is 0 Å². The number of carbonyl (C=O) groups excluding carboxylic acids is 1. The monoisotopic (exact) mass is 343 g/mol. The largest absolute Gasteiger partial charge is 0.337 e. The van der Waals surface area contributed by atoms with Crippen molar-refractivity contribution in [1.29, 1.82) is 0 Å². The van der Waals surface area contributed by atoms with E-state index in [4.69, 9.17) is 0 Å². The molecule has 0 fully saturated rings. The van der Waals surface area contributed by atoms with E-state index in [0.29, 0.717) is 23.1 Å². The van der Waals surface area contributed by atoms with Gasteiger partial charge < -0.3 is 5.32 Å². The Labute approximate surface area is 141 Å². The predicted octanol–water partition coefficient (Wildman–Crippen LogP) is 3.10. The van der Waals surface area contributed by atoms with E-state index in [-0.39, 0.29) is 11.8 Å². The summed E-state index contributed by atoms with van der Waals surface area (Å²) in [5.74, 6) is -0.311. The summed E-state index contributed by atoms with van der Waals surface area (Å²) in [7, 11) is 0. The lowest BCUT2D eigenvalue weighted by atomic mass is 10.2. The number of urea groups is 1. The molecule has 122 valence electrons. The van der Waals surface area contributed by atoms with Gasteiger partial charge in [-0.25, -0.2) is 9.18 Å². The molecule has 24 heavy (non-hydrogen) atoms. The van der Waals surface area contributed by atoms with Crippen LogP contribution in [-0.4, -0.2) is 27.8 Å². The third kappa shape index (κ3) is 4.32. The van der Waals surface area contributed by atoms with Crippen LogP contribution in [0.2, 0.25) is 0 Å². The number of amides is 2. The lowest BCUT2D eigenvalue weighted by molar-refractivity contribution is 0.252. The molecule has 3 aromatic rings. The number of anilines is 1. The van der Waals surface area contributed by atoms with E-state index in [1.165, 1.54) is 23.5 Å². The maximum atomic E-state index is 12.9. The van der Waals surface area contributed by atoms with Crippen molar-refractivity contribution < 1.29 is 9.18 Å². The number of halogens is 1. The molecular formula is C16H14FN5OS. The van der Waals surface area contributed by atoms with Crippen LogP contribution in [0, 0.1) is 5.82 Å². The van der Waals surface area contributed by atoms with Gasteiger partial charge in [0, 0.05) is 24.5 Å². The van der Waals surface area contributed by atoms with Crippen LogP contribution in [0.4, 0.5) is 14.3 Å². The first kappa shape index (κ1) is 16.0. The third-order valence-electron chi connectivity index (χ3n) is 3.16. The summed E-state index contributed by atoms with van der Waals surface area (Å²) in [6, 6.07) is 9.41. The van der Waals surface area contributed by atoms with Gasteiger partial charge in [0.05, 0.1) is 0 Å². The van der Waals surface area contributed by atoms with Crippen molar-refractivity contribution in [1.82, 2.24) is 20.5 Å². The highest BCUT2D eigenvalue weighted by Crippen LogP contribution is 2.26. The first-order chi connectivity index (χ1) is 11.7. The Morgan fingerprint density at radius 2 is 2.00 bits per heavy atom. The normalized spacial score (nSPS) is 10.4. The van der Waals surface area contributed by atoms with Gasteiger partial charge in [0.1, 0.15) is 10.8 Å². The van der Waals surface area contributed by atoms with Crippen molar-refractivity contribution >= 4 is 22.5 Å². The van der Waals surface area contributed by atoms with E-state index < -0.39 is 0 Å². The summed E-state index contributed by atoms with van der Waals surface area (Å²) in [6.07, 6.45) is 4.16. The average molecular weight is 343 g/mol. The zero-order chi connectivity index (χ0) is 16.8. The summed E-state index contributed by atoms with van der Waals surface area (Å²) >= 11 is 1.22. The van der Waals surface area contributed by atoms with Crippen molar-refractivity contribution in [3.05, 3.63) is 60.2 Å². The van der Waals surface area contributed by atoms with E-state index in [1.54, 1.807) is 24.5 Å². The second-order valence-electron chi connectivity index (χ2n) is 4.91. The second kappa shape index (κ2) is 7.60. The smallest absolute Gasteiger partial charge is 0.321 e. The minimum atomic E-state index is -0.347. The molecule has 0 spiro atoms. The van der Waals surface area contributed by atoms with Crippen LogP contribution in [0.3, 0.4) is 0 Å². The second-order valence-corrected chi connectivity index (χ2v) is 5.89. The molecule has 0 saturated carbocycles. The molecule has 0 saturated heterocycles. The third-order valence-corrected chi connectivity index (χ3v) is 4.05. The average Bonchev–Trinajstić information content (AvgIpc) is 3.05. The highest BCUT2D eigenvalue weighted by molar-refractivity contribution is 7.18. The molecule has 0 bridgehead atoms. The molecule has 2 amide bonds. The summed E-state index contributed by atoms with van der Waals surface area (Å²) < 4.78 is 12.9. The molecule has 0 aliphatic heterocycles. The molecule has 6 nitrogen and oxygen atoms in total. The Morgan fingerprint density at radius 3 is 2.75 bits per heavy atom. The molecule has 2 aromatic heterocycles. The van der Waals surface area contributed by atoms with Crippen LogP contribution in [-0.2, 0) is 6.42 Å². The van der Waals surface area contributed by atoms with Crippen molar-refractivity contribution in [3.63, 3.8) is 0 Å². The van der Waals surface area contributed by atoms with Crippen molar-refractivity contribution in [2.24, 2.45) is 0 Å². The zero-order valence-corrected chi connectivity index (χ0v) is 13.4. The van der Waals surface area contributed by atoms with E-state index in [9.17, 15) is 9.18 Å². The topological polar surface area (TPSA) is 79.8 Å². The van der Waals surface area contributed by atoms with E-state index in [2.05, 4.69) is 25.8 Å². The lowest BCUT2D eigenvalue weighted by Gasteiger charge is -2.04. The Balaban J connectivity index is 1.51. The molecule has 3 rings (SSSR count). The number of hydrogen-bond acceptors (Lipinski definition) is 5. The van der Waals surface area contributed by atoms with Gasteiger partial charge in [0.2, 0.25) is 5.13 Å². The summed E-state index contributed by atoms with van der Waals surface area (Å²) in [5.41, 5.74) is 1.80. The van der Waals surface area contributed by atoms with Crippen LogP contribution in [0.25, 0.3) is 10.6 Å². The van der Waals surface area contributed by atoms with Crippen LogP contribution < -0.4 is 10.6 Å². The summed E-state index contributed by atoms with van der Waals surface area (Å²) in [6.45, 7) is 0.487. The molecule has 2 N–H and O–H groups in total. The van der Waals surface area contributed by atoms with E-state index in [1.807, 2.05) is 12.1 Å². The number of benzene rings is 1. The van der Waals surface area contributed by atoms with E-state index in [0.717, 1.165) is 11.1 Å². The highest BCUT2D eigenvalue weighted by atomic mass is 32.1. The van der Waals surface area contributed by atoms with Gasteiger partial charge in [-0.3, -0.25) is 10.3 Å². The lowest BCUT2D eigenvalue weighted by Crippen LogP contribution is -2.30. The molecule has 1 aromatic carbocycles. The maximum absolute atomic E-state index is 12.9. The van der Waals surface area contributed by atoms with Gasteiger partial charge in [-0.05, 0) is 42.3 Å². The number of carbonyl (C=O) groups is 1. The van der Waals surface area contributed by atoms with Crippen molar-refractivity contribution in [2.45, 2.75) is 6.42 Å². The summed E-state index contributed by atoms with van der Waals surface area (Å²) in [4.78, 5) is 15.9. The molecule has 0 unspecified atom stereocenters. The summed E-state index contributed by atoms with van der Waals surface area (Å²) in [5, 5.41) is 14.3. The molecule has 8 heteroatoms.